The molecule has 0 heterocycles. The van der Waals surface area contributed by atoms with Crippen LogP contribution in [-0.4, -0.2) is 18.4 Å². The predicted molar refractivity (Wildman–Crippen MR) is 36.9 cm³/mol. The molecule has 3 nitrogen and oxygen atoms in total. The van der Waals surface area contributed by atoms with Crippen LogP contribution < -0.4 is 11.5 Å². The van der Waals surface area contributed by atoms with Crippen LogP contribution in [0.2, 0.25) is 0 Å². The summed E-state index contributed by atoms with van der Waals surface area (Å²) in [6, 6.07) is -0.333. The second-order valence-electron chi connectivity index (χ2n) is 2.00. The van der Waals surface area contributed by atoms with Gasteiger partial charge in [0, 0.05) is 6.42 Å². The van der Waals surface area contributed by atoms with Gasteiger partial charge in [-0.3, -0.25) is 4.79 Å². The van der Waals surface area contributed by atoms with Crippen molar-refractivity contribution in [2.45, 2.75) is 25.8 Å². The lowest BCUT2D eigenvalue weighted by molar-refractivity contribution is -0.120. The zero-order chi connectivity index (χ0) is 7.28. The van der Waals surface area contributed by atoms with Gasteiger partial charge in [0.05, 0.1) is 6.04 Å². The summed E-state index contributed by atoms with van der Waals surface area (Å²) < 4.78 is 0. The number of ketones is 1. The monoisotopic (exact) mass is 130 g/mol. The Morgan fingerprint density at radius 1 is 1.67 bits per heavy atom. The molecule has 1 unspecified atom stereocenters. The molecule has 0 amide bonds. The van der Waals surface area contributed by atoms with Gasteiger partial charge >= 0.3 is 0 Å². The van der Waals surface area contributed by atoms with E-state index in [1.165, 1.54) is 0 Å². The lowest BCUT2D eigenvalue weighted by Crippen LogP contribution is -2.32. The number of carbonyl (C=O) groups is 1. The Bertz CT molecular complexity index is 93.1. The van der Waals surface area contributed by atoms with Crippen LogP contribution in [0.15, 0.2) is 0 Å². The molecule has 54 valence electrons. The largest absolute Gasteiger partial charge is 0.330 e. The third-order valence-electron chi connectivity index (χ3n) is 1.24. The summed E-state index contributed by atoms with van der Waals surface area (Å²) in [6.07, 6.45) is 1.12. The molecule has 4 N–H and O–H groups in total. The van der Waals surface area contributed by atoms with E-state index >= 15 is 0 Å². The van der Waals surface area contributed by atoms with Crippen LogP contribution in [0.5, 0.6) is 0 Å². The fourth-order valence-corrected chi connectivity index (χ4v) is 0.603. The molecular weight excluding hydrogens is 116 g/mol. The van der Waals surface area contributed by atoms with Crippen LogP contribution in [-0.2, 0) is 4.79 Å². The third-order valence-corrected chi connectivity index (χ3v) is 1.24. The van der Waals surface area contributed by atoms with Crippen molar-refractivity contribution in [1.82, 2.24) is 0 Å². The molecule has 0 radical (unpaired) electrons. The van der Waals surface area contributed by atoms with Gasteiger partial charge < -0.3 is 11.5 Å². The summed E-state index contributed by atoms with van der Waals surface area (Å²) >= 11 is 0. The number of nitrogens with two attached hydrogens (primary N) is 2. The lowest BCUT2D eigenvalue weighted by atomic mass is 10.1. The van der Waals surface area contributed by atoms with Crippen LogP contribution in [0.3, 0.4) is 0 Å². The molecule has 1 atom stereocenters. The highest BCUT2D eigenvalue weighted by Gasteiger charge is 2.08. The van der Waals surface area contributed by atoms with Crippen molar-refractivity contribution in [1.29, 1.82) is 0 Å². The van der Waals surface area contributed by atoms with Crippen molar-refractivity contribution in [3.8, 4) is 0 Å². The minimum atomic E-state index is -0.333. The highest BCUT2D eigenvalue weighted by atomic mass is 16.1. The third kappa shape index (κ3) is 3.21. The molecule has 0 aliphatic heterocycles. The maximum atomic E-state index is 10.7. The molecule has 0 aromatic heterocycles. The highest BCUT2D eigenvalue weighted by molar-refractivity contribution is 5.83. The van der Waals surface area contributed by atoms with Crippen molar-refractivity contribution >= 4 is 5.78 Å². The van der Waals surface area contributed by atoms with Gasteiger partial charge in [-0.25, -0.2) is 0 Å². The molecule has 0 aliphatic rings. The van der Waals surface area contributed by atoms with Crippen LogP contribution in [0.1, 0.15) is 19.8 Å². The van der Waals surface area contributed by atoms with Gasteiger partial charge in [-0.2, -0.15) is 0 Å². The van der Waals surface area contributed by atoms with E-state index in [9.17, 15) is 4.79 Å². The van der Waals surface area contributed by atoms with E-state index in [4.69, 9.17) is 11.5 Å². The quantitative estimate of drug-likeness (QED) is 0.546. The standard InChI is InChI=1S/C6H14N2O/c1-2-6(9)5(8)3-4-7/h5H,2-4,7-8H2,1H3. The van der Waals surface area contributed by atoms with Gasteiger partial charge in [-0.05, 0) is 13.0 Å². The van der Waals surface area contributed by atoms with Gasteiger partial charge in [0.1, 0.15) is 5.78 Å². The summed E-state index contributed by atoms with van der Waals surface area (Å²) in [5.41, 5.74) is 10.6. The second-order valence-corrected chi connectivity index (χ2v) is 2.00. The van der Waals surface area contributed by atoms with Gasteiger partial charge in [0.2, 0.25) is 0 Å². The summed E-state index contributed by atoms with van der Waals surface area (Å²) in [6.45, 7) is 2.30. The number of carbonyl (C=O) groups excluding carboxylic acids is 1. The van der Waals surface area contributed by atoms with Gasteiger partial charge in [0.15, 0.2) is 0 Å². The Labute approximate surface area is 55.4 Å². The Hall–Kier alpha value is -0.410. The smallest absolute Gasteiger partial charge is 0.149 e. The van der Waals surface area contributed by atoms with E-state index in [-0.39, 0.29) is 11.8 Å². The molecule has 3 heteroatoms. The van der Waals surface area contributed by atoms with Gasteiger partial charge in [-0.1, -0.05) is 6.92 Å². The Morgan fingerprint density at radius 2 is 2.22 bits per heavy atom. The van der Waals surface area contributed by atoms with Gasteiger partial charge in [0.25, 0.3) is 0 Å². The van der Waals surface area contributed by atoms with E-state index in [1.807, 2.05) is 0 Å². The molecule has 0 fully saturated rings. The van der Waals surface area contributed by atoms with Crippen LogP contribution in [0.25, 0.3) is 0 Å². The number of hydrogen-bond acceptors (Lipinski definition) is 3. The first kappa shape index (κ1) is 8.59. The molecule has 0 aromatic rings. The Morgan fingerprint density at radius 3 is 2.56 bits per heavy atom. The zero-order valence-corrected chi connectivity index (χ0v) is 5.76. The summed E-state index contributed by atoms with van der Waals surface area (Å²) in [4.78, 5) is 10.7. The summed E-state index contributed by atoms with van der Waals surface area (Å²) in [7, 11) is 0. The SMILES string of the molecule is CCC(=O)C(N)CCN. The van der Waals surface area contributed by atoms with E-state index in [0.29, 0.717) is 19.4 Å². The summed E-state index contributed by atoms with van der Waals surface area (Å²) in [5.74, 6) is 0.0976. The molecule has 0 rings (SSSR count). The van der Waals surface area contributed by atoms with Crippen molar-refractivity contribution in [3.63, 3.8) is 0 Å². The molecular formula is C6H14N2O. The van der Waals surface area contributed by atoms with Crippen molar-refractivity contribution in [2.24, 2.45) is 11.5 Å². The molecule has 0 spiro atoms. The van der Waals surface area contributed by atoms with E-state index in [2.05, 4.69) is 0 Å². The first-order valence-corrected chi connectivity index (χ1v) is 3.20. The van der Waals surface area contributed by atoms with Gasteiger partial charge in [-0.15, -0.1) is 0 Å². The van der Waals surface area contributed by atoms with Crippen molar-refractivity contribution in [2.75, 3.05) is 6.54 Å². The van der Waals surface area contributed by atoms with Crippen LogP contribution >= 0.6 is 0 Å². The lowest BCUT2D eigenvalue weighted by Gasteiger charge is -2.05. The fourth-order valence-electron chi connectivity index (χ4n) is 0.603. The maximum absolute atomic E-state index is 10.7. The number of rotatable bonds is 4. The molecule has 0 aliphatic carbocycles. The highest BCUT2D eigenvalue weighted by Crippen LogP contribution is 1.90. The van der Waals surface area contributed by atoms with E-state index in [1.54, 1.807) is 6.92 Å². The van der Waals surface area contributed by atoms with E-state index < -0.39 is 0 Å². The topological polar surface area (TPSA) is 69.1 Å². The molecule has 9 heavy (non-hydrogen) atoms. The first-order chi connectivity index (χ1) is 4.22. The molecule has 0 bridgehead atoms. The second kappa shape index (κ2) is 4.47. The Balaban J connectivity index is 3.45. The number of hydrogen-bond donors (Lipinski definition) is 2. The first-order valence-electron chi connectivity index (χ1n) is 3.20. The fraction of sp³-hybridized carbons (Fsp3) is 0.833. The van der Waals surface area contributed by atoms with Crippen molar-refractivity contribution < 1.29 is 4.79 Å². The normalized spacial score (nSPS) is 13.2. The minimum absolute atomic E-state index is 0.0976. The average molecular weight is 130 g/mol. The van der Waals surface area contributed by atoms with Crippen LogP contribution in [0.4, 0.5) is 0 Å². The van der Waals surface area contributed by atoms with E-state index in [0.717, 1.165) is 0 Å². The molecule has 0 saturated carbocycles. The average Bonchev–Trinajstić information content (AvgIpc) is 1.87. The zero-order valence-electron chi connectivity index (χ0n) is 5.76. The van der Waals surface area contributed by atoms with Crippen LogP contribution in [0, 0.1) is 0 Å². The van der Waals surface area contributed by atoms with Crippen molar-refractivity contribution in [3.05, 3.63) is 0 Å². The minimum Gasteiger partial charge on any atom is -0.330 e. The molecule has 0 saturated heterocycles. The predicted octanol–water partition coefficient (Wildman–Crippen LogP) is -0.358. The maximum Gasteiger partial charge on any atom is 0.149 e. The number of Topliss-reactive ketones (excluding diaryl/α,β-unsaturated/α-hetero) is 1. The Kier molecular flexibility index (Phi) is 4.26. The summed E-state index contributed by atoms with van der Waals surface area (Å²) in [5, 5.41) is 0. The molecule has 0 aromatic carbocycles.